The molecule has 0 atom stereocenters. The van der Waals surface area contributed by atoms with E-state index in [0.29, 0.717) is 5.78 Å². The summed E-state index contributed by atoms with van der Waals surface area (Å²) in [5.41, 5.74) is 0.848. The van der Waals surface area contributed by atoms with Crippen LogP contribution in [0.2, 0.25) is 0 Å². The van der Waals surface area contributed by atoms with Gasteiger partial charge in [-0.1, -0.05) is 13.3 Å². The first-order valence-corrected chi connectivity index (χ1v) is 4.20. The van der Waals surface area contributed by atoms with Gasteiger partial charge < -0.3 is 5.11 Å². The van der Waals surface area contributed by atoms with Gasteiger partial charge in [0, 0.05) is 11.8 Å². The lowest BCUT2D eigenvalue weighted by Gasteiger charge is -1.99. The van der Waals surface area contributed by atoms with E-state index < -0.39 is 0 Å². The quantitative estimate of drug-likeness (QED) is 0.738. The lowest BCUT2D eigenvalue weighted by atomic mass is 10.2. The van der Waals surface area contributed by atoms with Gasteiger partial charge in [0.15, 0.2) is 0 Å². The molecule has 0 aliphatic rings. The fourth-order valence-corrected chi connectivity index (χ4v) is 1.23. The minimum atomic E-state index is 0.0888. The average molecular weight is 178 g/mol. The predicted octanol–water partition coefficient (Wildman–Crippen LogP) is 0.782. The van der Waals surface area contributed by atoms with Crippen LogP contribution in [0.3, 0.4) is 0 Å². The van der Waals surface area contributed by atoms with Gasteiger partial charge in [0.05, 0.1) is 0 Å². The summed E-state index contributed by atoms with van der Waals surface area (Å²) in [6, 6.07) is 1.62. The summed E-state index contributed by atoms with van der Waals surface area (Å²) in [5.74, 6) is 0.536. The van der Waals surface area contributed by atoms with Gasteiger partial charge in [0.1, 0.15) is 6.33 Å². The smallest absolute Gasteiger partial charge is 0.255 e. The summed E-state index contributed by atoms with van der Waals surface area (Å²) < 4.78 is 1.30. The van der Waals surface area contributed by atoms with E-state index in [-0.39, 0.29) is 5.88 Å². The Kier molecular flexibility index (Phi) is 1.84. The van der Waals surface area contributed by atoms with Crippen molar-refractivity contribution in [3.05, 3.63) is 18.1 Å². The SMILES string of the molecule is CCCc1cc(O)n2ncnc2n1. The molecule has 0 bridgehead atoms. The molecule has 68 valence electrons. The molecule has 2 heterocycles. The number of aromatic nitrogens is 4. The zero-order valence-electron chi connectivity index (χ0n) is 7.30. The van der Waals surface area contributed by atoms with Crippen LogP contribution in [0, 0.1) is 0 Å². The monoisotopic (exact) mass is 178 g/mol. The fourth-order valence-electron chi connectivity index (χ4n) is 1.23. The first kappa shape index (κ1) is 7.97. The van der Waals surface area contributed by atoms with Gasteiger partial charge in [0.2, 0.25) is 5.88 Å². The Balaban J connectivity index is 2.56. The molecule has 2 aromatic rings. The molecule has 1 N–H and O–H groups in total. The third kappa shape index (κ3) is 1.32. The van der Waals surface area contributed by atoms with Crippen LogP contribution in [-0.4, -0.2) is 24.7 Å². The zero-order valence-corrected chi connectivity index (χ0v) is 7.30. The van der Waals surface area contributed by atoms with Crippen LogP contribution in [0.15, 0.2) is 12.4 Å². The molecule has 0 saturated carbocycles. The highest BCUT2D eigenvalue weighted by atomic mass is 16.3. The third-order valence-corrected chi connectivity index (χ3v) is 1.79. The molecule has 2 aromatic heterocycles. The molecule has 0 radical (unpaired) electrons. The van der Waals surface area contributed by atoms with Crippen molar-refractivity contribution in [2.75, 3.05) is 0 Å². The second-order valence-corrected chi connectivity index (χ2v) is 2.83. The summed E-state index contributed by atoms with van der Waals surface area (Å²) in [5, 5.41) is 13.3. The van der Waals surface area contributed by atoms with Crippen LogP contribution in [-0.2, 0) is 6.42 Å². The molecule has 0 unspecified atom stereocenters. The molecule has 0 fully saturated rings. The second kappa shape index (κ2) is 3.01. The van der Waals surface area contributed by atoms with Crippen molar-refractivity contribution in [3.63, 3.8) is 0 Å². The van der Waals surface area contributed by atoms with Crippen molar-refractivity contribution >= 4 is 5.78 Å². The zero-order chi connectivity index (χ0) is 9.26. The maximum absolute atomic E-state index is 9.49. The Bertz CT molecular complexity index is 423. The molecule has 0 spiro atoms. The standard InChI is InChI=1S/C8H10N4O/c1-2-3-6-4-7(13)12-8(11-6)9-5-10-12/h4-5,13H,2-3H2,1H3. The van der Waals surface area contributed by atoms with E-state index in [9.17, 15) is 5.11 Å². The minimum absolute atomic E-state index is 0.0888. The van der Waals surface area contributed by atoms with E-state index >= 15 is 0 Å². The van der Waals surface area contributed by atoms with Crippen molar-refractivity contribution in [3.8, 4) is 5.88 Å². The Hall–Kier alpha value is -1.65. The van der Waals surface area contributed by atoms with Crippen LogP contribution < -0.4 is 0 Å². The second-order valence-electron chi connectivity index (χ2n) is 2.83. The van der Waals surface area contributed by atoms with E-state index in [1.165, 1.54) is 10.8 Å². The van der Waals surface area contributed by atoms with Crippen LogP contribution in [0.4, 0.5) is 0 Å². The molecule has 0 amide bonds. The Morgan fingerprint density at radius 1 is 1.54 bits per heavy atom. The van der Waals surface area contributed by atoms with Crippen molar-refractivity contribution in [2.24, 2.45) is 0 Å². The highest BCUT2D eigenvalue weighted by Crippen LogP contribution is 2.11. The first-order valence-electron chi connectivity index (χ1n) is 4.20. The first-order chi connectivity index (χ1) is 6.31. The number of nitrogens with zero attached hydrogens (tertiary/aromatic N) is 4. The summed E-state index contributed by atoms with van der Waals surface area (Å²) >= 11 is 0. The van der Waals surface area contributed by atoms with Crippen LogP contribution in [0.25, 0.3) is 5.78 Å². The Morgan fingerprint density at radius 2 is 2.38 bits per heavy atom. The predicted molar refractivity (Wildman–Crippen MR) is 46.4 cm³/mol. The van der Waals surface area contributed by atoms with E-state index in [1.807, 2.05) is 0 Å². The number of rotatable bonds is 2. The summed E-state index contributed by atoms with van der Waals surface area (Å²) in [6.45, 7) is 2.06. The summed E-state index contributed by atoms with van der Waals surface area (Å²) in [4.78, 5) is 8.12. The third-order valence-electron chi connectivity index (χ3n) is 1.79. The maximum atomic E-state index is 9.49. The lowest BCUT2D eigenvalue weighted by molar-refractivity contribution is 0.434. The number of hydrogen-bond donors (Lipinski definition) is 1. The van der Waals surface area contributed by atoms with Gasteiger partial charge >= 0.3 is 0 Å². The van der Waals surface area contributed by atoms with E-state index in [0.717, 1.165) is 18.5 Å². The van der Waals surface area contributed by atoms with Gasteiger partial charge in [-0.2, -0.15) is 14.6 Å². The average Bonchev–Trinajstić information content (AvgIpc) is 2.53. The molecule has 0 aromatic carbocycles. The molecule has 2 rings (SSSR count). The van der Waals surface area contributed by atoms with Gasteiger partial charge in [-0.3, -0.25) is 0 Å². The highest BCUT2D eigenvalue weighted by molar-refractivity contribution is 5.32. The Morgan fingerprint density at radius 3 is 3.15 bits per heavy atom. The molecule has 0 aliphatic heterocycles. The normalized spacial score (nSPS) is 10.8. The largest absolute Gasteiger partial charge is 0.493 e. The number of hydrogen-bond acceptors (Lipinski definition) is 4. The fraction of sp³-hybridized carbons (Fsp3) is 0.375. The van der Waals surface area contributed by atoms with E-state index in [2.05, 4.69) is 22.0 Å². The number of aryl methyl sites for hydroxylation is 1. The lowest BCUT2D eigenvalue weighted by Crippen LogP contribution is -1.96. The Labute approximate surface area is 75.1 Å². The number of fused-ring (bicyclic) bond motifs is 1. The van der Waals surface area contributed by atoms with Gasteiger partial charge in [0.25, 0.3) is 5.78 Å². The van der Waals surface area contributed by atoms with Crippen molar-refractivity contribution < 1.29 is 5.11 Å². The van der Waals surface area contributed by atoms with Crippen molar-refractivity contribution in [1.82, 2.24) is 19.6 Å². The topological polar surface area (TPSA) is 63.3 Å². The van der Waals surface area contributed by atoms with Crippen molar-refractivity contribution in [2.45, 2.75) is 19.8 Å². The molecule has 5 nitrogen and oxygen atoms in total. The minimum Gasteiger partial charge on any atom is -0.493 e. The molecule has 0 saturated heterocycles. The van der Waals surface area contributed by atoms with Crippen LogP contribution >= 0.6 is 0 Å². The molecular formula is C8H10N4O. The summed E-state index contributed by atoms with van der Waals surface area (Å²) in [6.07, 6.45) is 3.21. The molecular weight excluding hydrogens is 168 g/mol. The van der Waals surface area contributed by atoms with Gasteiger partial charge in [-0.05, 0) is 6.42 Å². The van der Waals surface area contributed by atoms with E-state index in [1.54, 1.807) is 6.07 Å². The van der Waals surface area contributed by atoms with Crippen molar-refractivity contribution in [1.29, 1.82) is 0 Å². The summed E-state index contributed by atoms with van der Waals surface area (Å²) in [7, 11) is 0. The molecule has 5 heteroatoms. The highest BCUT2D eigenvalue weighted by Gasteiger charge is 2.04. The molecule has 0 aliphatic carbocycles. The van der Waals surface area contributed by atoms with Crippen LogP contribution in [0.1, 0.15) is 19.0 Å². The van der Waals surface area contributed by atoms with E-state index in [4.69, 9.17) is 0 Å². The van der Waals surface area contributed by atoms with Crippen LogP contribution in [0.5, 0.6) is 5.88 Å². The number of aromatic hydroxyl groups is 1. The van der Waals surface area contributed by atoms with Gasteiger partial charge in [-0.25, -0.2) is 4.98 Å². The maximum Gasteiger partial charge on any atom is 0.255 e. The molecule has 13 heavy (non-hydrogen) atoms. The van der Waals surface area contributed by atoms with Gasteiger partial charge in [-0.15, -0.1) is 0 Å².